The van der Waals surface area contributed by atoms with E-state index >= 15 is 0 Å². The first kappa shape index (κ1) is 8.84. The van der Waals surface area contributed by atoms with Gasteiger partial charge in [-0.05, 0) is 12.1 Å². The maximum absolute atomic E-state index is 5.56. The van der Waals surface area contributed by atoms with E-state index in [1.807, 2.05) is 24.3 Å². The molecule has 5 nitrogen and oxygen atoms in total. The molecule has 0 aliphatic carbocycles. The highest BCUT2D eigenvalue weighted by molar-refractivity contribution is 5.75. The maximum atomic E-state index is 5.56. The lowest BCUT2D eigenvalue weighted by Crippen LogP contribution is -1.93. The molecule has 0 aliphatic heterocycles. The highest BCUT2D eigenvalue weighted by Crippen LogP contribution is 2.22. The third kappa shape index (κ3) is 1.38. The lowest BCUT2D eigenvalue weighted by Gasteiger charge is -1.93. The number of benzene rings is 1. The Bertz CT molecular complexity index is 597. The second kappa shape index (κ2) is 3.30. The van der Waals surface area contributed by atoms with Crippen molar-refractivity contribution in [1.82, 2.24) is 15.0 Å². The molecular weight excluding hydrogens is 204 g/mol. The van der Waals surface area contributed by atoms with Crippen molar-refractivity contribution in [3.63, 3.8) is 0 Å². The Morgan fingerprint density at radius 3 is 2.56 bits per heavy atom. The summed E-state index contributed by atoms with van der Waals surface area (Å²) in [6, 6.07) is 7.56. The number of para-hydroxylation sites is 2. The summed E-state index contributed by atoms with van der Waals surface area (Å²) in [5, 5.41) is 0. The summed E-state index contributed by atoms with van der Waals surface area (Å²) in [6.45, 7) is 0. The van der Waals surface area contributed by atoms with Crippen molar-refractivity contribution in [1.29, 1.82) is 0 Å². The summed E-state index contributed by atoms with van der Waals surface area (Å²) in [5.74, 6) is 0.737. The molecule has 78 valence electrons. The number of anilines is 1. The fraction of sp³-hybridized carbons (Fsp3) is 0. The van der Waals surface area contributed by atoms with Gasteiger partial charge in [0.05, 0.1) is 5.56 Å². The molecule has 3 rings (SSSR count). The van der Waals surface area contributed by atoms with E-state index in [2.05, 4.69) is 15.0 Å². The zero-order valence-electron chi connectivity index (χ0n) is 8.29. The molecule has 0 aliphatic rings. The van der Waals surface area contributed by atoms with Gasteiger partial charge >= 0.3 is 0 Å². The molecule has 0 spiro atoms. The van der Waals surface area contributed by atoms with Crippen LogP contribution in [0.1, 0.15) is 0 Å². The number of hydrogen-bond acceptors (Lipinski definition) is 5. The molecule has 2 heterocycles. The monoisotopic (exact) mass is 212 g/mol. The average molecular weight is 212 g/mol. The molecule has 0 saturated carbocycles. The molecule has 3 aromatic rings. The Hall–Kier alpha value is -2.43. The lowest BCUT2D eigenvalue weighted by atomic mass is 10.3. The molecule has 0 unspecified atom stereocenters. The van der Waals surface area contributed by atoms with Crippen molar-refractivity contribution >= 4 is 17.0 Å². The number of fused-ring (bicyclic) bond motifs is 1. The van der Waals surface area contributed by atoms with Gasteiger partial charge in [-0.3, -0.25) is 0 Å². The van der Waals surface area contributed by atoms with Crippen LogP contribution in [0.4, 0.5) is 5.95 Å². The predicted octanol–water partition coefficient (Wildman–Crippen LogP) is 1.87. The van der Waals surface area contributed by atoms with Crippen molar-refractivity contribution in [3.05, 3.63) is 36.7 Å². The number of nitrogen functional groups attached to an aromatic ring is 1. The Labute approximate surface area is 91.0 Å². The molecule has 0 bridgehead atoms. The molecule has 0 fully saturated rings. The van der Waals surface area contributed by atoms with Gasteiger partial charge in [-0.15, -0.1) is 0 Å². The molecule has 5 heteroatoms. The number of oxazole rings is 1. The number of rotatable bonds is 1. The van der Waals surface area contributed by atoms with Gasteiger partial charge < -0.3 is 10.2 Å². The first-order chi connectivity index (χ1) is 7.83. The Balaban J connectivity index is 2.15. The van der Waals surface area contributed by atoms with E-state index in [4.69, 9.17) is 10.2 Å². The summed E-state index contributed by atoms with van der Waals surface area (Å²) in [5.41, 5.74) is 7.68. The van der Waals surface area contributed by atoms with E-state index < -0.39 is 0 Å². The second-order valence-electron chi connectivity index (χ2n) is 3.32. The van der Waals surface area contributed by atoms with Gasteiger partial charge in [0.25, 0.3) is 0 Å². The minimum absolute atomic E-state index is 0.236. The third-order valence-corrected chi connectivity index (χ3v) is 2.21. The number of nitrogens with two attached hydrogens (primary N) is 1. The highest BCUT2D eigenvalue weighted by Gasteiger charge is 2.07. The number of hydrogen-bond donors (Lipinski definition) is 1. The van der Waals surface area contributed by atoms with E-state index in [1.165, 1.54) is 0 Å². The minimum Gasteiger partial charge on any atom is -0.436 e. The molecule has 0 radical (unpaired) electrons. The average Bonchev–Trinajstić information content (AvgIpc) is 2.73. The van der Waals surface area contributed by atoms with Crippen LogP contribution in [0.5, 0.6) is 0 Å². The largest absolute Gasteiger partial charge is 0.436 e. The topological polar surface area (TPSA) is 77.8 Å². The summed E-state index contributed by atoms with van der Waals surface area (Å²) < 4.78 is 5.56. The number of nitrogens with zero attached hydrogens (tertiary/aromatic N) is 3. The zero-order valence-corrected chi connectivity index (χ0v) is 8.29. The predicted molar refractivity (Wildman–Crippen MR) is 59.4 cm³/mol. The van der Waals surface area contributed by atoms with Crippen molar-refractivity contribution in [2.75, 3.05) is 5.73 Å². The lowest BCUT2D eigenvalue weighted by molar-refractivity contribution is 0.619. The molecule has 16 heavy (non-hydrogen) atoms. The fourth-order valence-electron chi connectivity index (χ4n) is 1.44. The van der Waals surface area contributed by atoms with Gasteiger partial charge in [0.2, 0.25) is 11.8 Å². The van der Waals surface area contributed by atoms with Crippen LogP contribution in [0.25, 0.3) is 22.6 Å². The minimum atomic E-state index is 0.236. The Kier molecular flexibility index (Phi) is 1.83. The third-order valence-electron chi connectivity index (χ3n) is 2.21. The number of aromatic nitrogens is 3. The molecule has 2 aromatic heterocycles. The first-order valence-corrected chi connectivity index (χ1v) is 4.76. The summed E-state index contributed by atoms with van der Waals surface area (Å²) >= 11 is 0. The van der Waals surface area contributed by atoms with Crippen molar-refractivity contribution in [2.45, 2.75) is 0 Å². The van der Waals surface area contributed by atoms with Gasteiger partial charge in [0.15, 0.2) is 5.58 Å². The zero-order chi connectivity index (χ0) is 11.0. The van der Waals surface area contributed by atoms with Crippen LogP contribution in [-0.4, -0.2) is 15.0 Å². The normalized spacial score (nSPS) is 10.8. The van der Waals surface area contributed by atoms with E-state index in [0.717, 1.165) is 11.1 Å². The van der Waals surface area contributed by atoms with Crippen LogP contribution in [-0.2, 0) is 0 Å². The van der Waals surface area contributed by atoms with Crippen molar-refractivity contribution < 1.29 is 4.42 Å². The van der Waals surface area contributed by atoms with Crippen molar-refractivity contribution in [2.24, 2.45) is 0 Å². The molecule has 1 aromatic carbocycles. The summed E-state index contributed by atoms with van der Waals surface area (Å²) in [4.78, 5) is 12.1. The van der Waals surface area contributed by atoms with Gasteiger partial charge in [0, 0.05) is 12.4 Å². The van der Waals surface area contributed by atoms with Gasteiger partial charge in [-0.2, -0.15) is 0 Å². The quantitative estimate of drug-likeness (QED) is 0.666. The van der Waals surface area contributed by atoms with E-state index in [-0.39, 0.29) is 5.95 Å². The standard InChI is InChI=1S/C11H8N4O/c12-11-13-5-7(6-14-11)10-15-8-3-1-2-4-9(8)16-10/h1-6H,(H2,12,13,14). The molecule has 0 atom stereocenters. The van der Waals surface area contributed by atoms with Gasteiger partial charge in [0.1, 0.15) is 5.52 Å². The second-order valence-corrected chi connectivity index (χ2v) is 3.32. The fourth-order valence-corrected chi connectivity index (χ4v) is 1.44. The first-order valence-electron chi connectivity index (χ1n) is 4.76. The molecular formula is C11H8N4O. The Morgan fingerprint density at radius 2 is 1.81 bits per heavy atom. The van der Waals surface area contributed by atoms with Gasteiger partial charge in [-0.1, -0.05) is 12.1 Å². The smallest absolute Gasteiger partial charge is 0.230 e. The van der Waals surface area contributed by atoms with Crippen LogP contribution >= 0.6 is 0 Å². The van der Waals surface area contributed by atoms with Gasteiger partial charge in [-0.25, -0.2) is 15.0 Å². The molecule has 0 saturated heterocycles. The van der Waals surface area contributed by atoms with Crippen molar-refractivity contribution in [3.8, 4) is 11.5 Å². The van der Waals surface area contributed by atoms with Crippen LogP contribution in [0.15, 0.2) is 41.1 Å². The maximum Gasteiger partial charge on any atom is 0.230 e. The summed E-state index contributed by atoms with van der Waals surface area (Å²) in [7, 11) is 0. The van der Waals surface area contributed by atoms with Crippen LogP contribution in [0, 0.1) is 0 Å². The molecule has 2 N–H and O–H groups in total. The Morgan fingerprint density at radius 1 is 1.06 bits per heavy atom. The van der Waals surface area contributed by atoms with Crippen LogP contribution in [0.2, 0.25) is 0 Å². The van der Waals surface area contributed by atoms with E-state index in [1.54, 1.807) is 12.4 Å². The molecule has 0 amide bonds. The SMILES string of the molecule is Nc1ncc(-c2nc3ccccc3o2)cn1. The van der Waals surface area contributed by atoms with Crippen LogP contribution < -0.4 is 5.73 Å². The summed E-state index contributed by atoms with van der Waals surface area (Å²) in [6.07, 6.45) is 3.18. The van der Waals surface area contributed by atoms with E-state index in [9.17, 15) is 0 Å². The highest BCUT2D eigenvalue weighted by atomic mass is 16.3. The van der Waals surface area contributed by atoms with E-state index in [0.29, 0.717) is 11.5 Å². The van der Waals surface area contributed by atoms with Crippen LogP contribution in [0.3, 0.4) is 0 Å².